The highest BCUT2D eigenvalue weighted by Crippen LogP contribution is 2.06. The Bertz CT molecular complexity index is 764. The highest BCUT2D eigenvalue weighted by Gasteiger charge is 2.30. The van der Waals surface area contributed by atoms with Crippen LogP contribution < -0.4 is 26.8 Å². The van der Waals surface area contributed by atoms with E-state index in [1.165, 1.54) is 7.05 Å². The number of hydrogen-bond donors (Lipinski definition) is 7. The van der Waals surface area contributed by atoms with Crippen molar-refractivity contribution in [3.8, 4) is 0 Å². The van der Waals surface area contributed by atoms with Gasteiger partial charge in [-0.05, 0) is 27.8 Å². The smallest absolute Gasteiger partial charge is 0.426 e. The summed E-state index contributed by atoms with van der Waals surface area (Å²) in [4.78, 5) is 81.4. The van der Waals surface area contributed by atoms with Crippen LogP contribution in [0.4, 0.5) is 4.79 Å². The van der Waals surface area contributed by atoms with E-state index in [2.05, 4.69) is 16.0 Å². The van der Waals surface area contributed by atoms with E-state index < -0.39 is 78.7 Å². The van der Waals surface area contributed by atoms with Crippen LogP contribution in [0.1, 0.15) is 40.0 Å². The number of hydrazine groups is 1. The fourth-order valence-corrected chi connectivity index (χ4v) is 2.25. The molecule has 0 aromatic carbocycles. The van der Waals surface area contributed by atoms with E-state index in [1.54, 1.807) is 20.8 Å². The zero-order valence-electron chi connectivity index (χ0n) is 18.6. The monoisotopic (exact) mass is 475 g/mol. The fourth-order valence-electron chi connectivity index (χ4n) is 2.25. The number of carbonyl (C=O) groups is 7. The third-order valence-corrected chi connectivity index (χ3v) is 3.66. The Morgan fingerprint density at radius 2 is 1.39 bits per heavy atom. The number of nitrogens with one attached hydrogen (secondary N) is 5. The van der Waals surface area contributed by atoms with Crippen molar-refractivity contribution in [2.24, 2.45) is 0 Å². The van der Waals surface area contributed by atoms with Gasteiger partial charge in [-0.3, -0.25) is 29.4 Å². The quantitative estimate of drug-likeness (QED) is 0.117. The molecule has 0 saturated heterocycles. The first kappa shape index (κ1) is 29.2. The fraction of sp³-hybridized carbons (Fsp3) is 0.611. The number of aliphatic carboxylic acids is 2. The lowest BCUT2D eigenvalue weighted by molar-refractivity contribution is -0.140. The summed E-state index contributed by atoms with van der Waals surface area (Å²) in [7, 11) is 1.30. The Kier molecular flexibility index (Phi) is 12.1. The minimum Gasteiger partial charge on any atom is -0.481 e. The third-order valence-electron chi connectivity index (χ3n) is 3.66. The molecule has 0 aromatic rings. The second-order valence-electron chi connectivity index (χ2n) is 7.73. The summed E-state index contributed by atoms with van der Waals surface area (Å²) in [6.07, 6.45) is -2.98. The van der Waals surface area contributed by atoms with E-state index >= 15 is 0 Å². The molecular formula is C18H29N5O10. The zero-order valence-corrected chi connectivity index (χ0v) is 18.6. The maximum Gasteiger partial charge on any atom is 0.426 e. The van der Waals surface area contributed by atoms with Gasteiger partial charge in [-0.25, -0.2) is 10.2 Å². The predicted octanol–water partition coefficient (Wildman–Crippen LogP) is -2.36. The number of hydrogen-bond acceptors (Lipinski definition) is 9. The van der Waals surface area contributed by atoms with Gasteiger partial charge in [0.15, 0.2) is 0 Å². The highest BCUT2D eigenvalue weighted by molar-refractivity contribution is 5.95. The average Bonchev–Trinajstić information content (AvgIpc) is 2.67. The van der Waals surface area contributed by atoms with Crippen molar-refractivity contribution < 1.29 is 48.5 Å². The number of rotatable bonds is 12. The topological polar surface area (TPSA) is 229 Å². The Morgan fingerprint density at radius 1 is 0.848 bits per heavy atom. The zero-order chi connectivity index (χ0) is 25.8. The largest absolute Gasteiger partial charge is 0.481 e. The first-order chi connectivity index (χ1) is 15.2. The van der Waals surface area contributed by atoms with Gasteiger partial charge in [0, 0.05) is 0 Å². The lowest BCUT2D eigenvalue weighted by Gasteiger charge is -2.23. The van der Waals surface area contributed by atoms with Crippen LogP contribution in [-0.2, 0) is 33.5 Å². The van der Waals surface area contributed by atoms with Crippen LogP contribution in [0.15, 0.2) is 0 Å². The maximum atomic E-state index is 12.5. The van der Waals surface area contributed by atoms with E-state index in [1.807, 2.05) is 10.9 Å². The minimum absolute atomic E-state index is 0.163. The van der Waals surface area contributed by atoms with Crippen molar-refractivity contribution in [2.75, 3.05) is 7.05 Å². The molecule has 0 fully saturated rings. The number of amides is 4. The average molecular weight is 475 g/mol. The van der Waals surface area contributed by atoms with Crippen LogP contribution in [-0.4, -0.2) is 83.0 Å². The van der Waals surface area contributed by atoms with Crippen LogP contribution in [0.3, 0.4) is 0 Å². The molecule has 15 nitrogen and oxygen atoms in total. The SMILES string of the molecule is CNC(CC(=O)O)C(=O)NC(CC(=O)NNC(=O)OC(C)(C)C)C(=O)NC(C=O)CC(=O)O. The Balaban J connectivity index is 5.36. The normalized spacial score (nSPS) is 13.5. The number of likely N-dealkylation sites (N-methyl/N-ethyl adjacent to an activating group) is 1. The molecule has 0 aromatic heterocycles. The molecule has 3 unspecified atom stereocenters. The Labute approximate surface area is 188 Å². The maximum absolute atomic E-state index is 12.5. The van der Waals surface area contributed by atoms with E-state index in [9.17, 15) is 33.6 Å². The molecule has 0 spiro atoms. The summed E-state index contributed by atoms with van der Waals surface area (Å²) in [6.45, 7) is 4.75. The van der Waals surface area contributed by atoms with E-state index in [-0.39, 0.29) is 6.29 Å². The van der Waals surface area contributed by atoms with Crippen molar-refractivity contribution in [2.45, 2.75) is 63.8 Å². The van der Waals surface area contributed by atoms with E-state index in [0.29, 0.717) is 0 Å². The first-order valence-corrected chi connectivity index (χ1v) is 9.63. The number of ether oxygens (including phenoxy) is 1. The van der Waals surface area contributed by atoms with E-state index in [4.69, 9.17) is 14.9 Å². The van der Waals surface area contributed by atoms with Crippen LogP contribution in [0.25, 0.3) is 0 Å². The third kappa shape index (κ3) is 13.3. The first-order valence-electron chi connectivity index (χ1n) is 9.63. The summed E-state index contributed by atoms with van der Waals surface area (Å²) >= 11 is 0. The van der Waals surface area contributed by atoms with Gasteiger partial charge >= 0.3 is 18.0 Å². The van der Waals surface area contributed by atoms with Crippen LogP contribution in [0, 0.1) is 0 Å². The number of carboxylic acid groups (broad SMARTS) is 2. The summed E-state index contributed by atoms with van der Waals surface area (Å²) < 4.78 is 4.92. The van der Waals surface area contributed by atoms with Crippen molar-refractivity contribution >= 4 is 42.0 Å². The molecule has 186 valence electrons. The molecule has 15 heteroatoms. The lowest BCUT2D eigenvalue weighted by atomic mass is 10.1. The van der Waals surface area contributed by atoms with Gasteiger partial charge < -0.3 is 35.7 Å². The second kappa shape index (κ2) is 13.6. The van der Waals surface area contributed by atoms with Gasteiger partial charge in [0.05, 0.1) is 31.3 Å². The molecule has 0 saturated carbocycles. The van der Waals surface area contributed by atoms with Gasteiger partial charge in [0.2, 0.25) is 17.7 Å². The van der Waals surface area contributed by atoms with Gasteiger partial charge in [-0.1, -0.05) is 0 Å². The predicted molar refractivity (Wildman–Crippen MR) is 109 cm³/mol. The van der Waals surface area contributed by atoms with Gasteiger partial charge in [0.25, 0.3) is 0 Å². The molecule has 0 heterocycles. The second-order valence-corrected chi connectivity index (χ2v) is 7.73. The minimum atomic E-state index is -1.64. The van der Waals surface area contributed by atoms with Crippen molar-refractivity contribution in [1.29, 1.82) is 0 Å². The van der Waals surface area contributed by atoms with Crippen LogP contribution in [0.5, 0.6) is 0 Å². The molecule has 0 radical (unpaired) electrons. The summed E-state index contributed by atoms with van der Waals surface area (Å²) in [5, 5.41) is 24.3. The molecule has 0 rings (SSSR count). The van der Waals surface area contributed by atoms with E-state index in [0.717, 1.165) is 0 Å². The standard InChI is InChI=1S/C18H29N5O10/c1-18(2,3)33-17(32)23-22-12(25)6-11(16(31)20-9(8-24)5-13(26)27)21-15(30)10(19-4)7-14(28)29/h8-11,19H,5-7H2,1-4H3,(H,20,31)(H,21,30)(H,22,25)(H,23,32)(H,26,27)(H,28,29). The molecule has 0 aliphatic carbocycles. The molecule has 4 amide bonds. The summed E-state index contributed by atoms with van der Waals surface area (Å²) in [6, 6.07) is -4.35. The van der Waals surface area contributed by atoms with Gasteiger partial charge in [-0.2, -0.15) is 0 Å². The molecule has 3 atom stereocenters. The molecule has 0 bridgehead atoms. The Morgan fingerprint density at radius 3 is 1.85 bits per heavy atom. The summed E-state index contributed by atoms with van der Waals surface area (Å²) in [5.74, 6) is -5.69. The molecule has 0 aliphatic heterocycles. The Hall–Kier alpha value is -3.75. The molecule has 7 N–H and O–H groups in total. The number of aldehydes is 1. The summed E-state index contributed by atoms with van der Waals surface area (Å²) in [5.41, 5.74) is 3.06. The molecule has 33 heavy (non-hydrogen) atoms. The van der Waals surface area contributed by atoms with Gasteiger partial charge in [0.1, 0.15) is 17.9 Å². The number of carboxylic acids is 2. The van der Waals surface area contributed by atoms with Crippen LogP contribution >= 0.6 is 0 Å². The van der Waals surface area contributed by atoms with Gasteiger partial charge in [-0.15, -0.1) is 0 Å². The van der Waals surface area contributed by atoms with Crippen molar-refractivity contribution in [3.05, 3.63) is 0 Å². The highest BCUT2D eigenvalue weighted by atomic mass is 16.6. The molecular weight excluding hydrogens is 446 g/mol. The van der Waals surface area contributed by atoms with Crippen molar-refractivity contribution in [3.63, 3.8) is 0 Å². The number of carbonyl (C=O) groups excluding carboxylic acids is 5. The van der Waals surface area contributed by atoms with Crippen molar-refractivity contribution in [1.82, 2.24) is 26.8 Å². The lowest BCUT2D eigenvalue weighted by Crippen LogP contribution is -2.56. The molecule has 0 aliphatic rings. The van der Waals surface area contributed by atoms with Crippen LogP contribution in [0.2, 0.25) is 0 Å².